The Morgan fingerprint density at radius 2 is 1.85 bits per heavy atom. The molecular formula is C27H24FNO4. The van der Waals surface area contributed by atoms with Crippen LogP contribution in [0.25, 0.3) is 0 Å². The highest BCUT2D eigenvalue weighted by Crippen LogP contribution is 2.70. The van der Waals surface area contributed by atoms with Crippen LogP contribution in [0, 0.1) is 23.1 Å². The molecule has 0 amide bonds. The van der Waals surface area contributed by atoms with Crippen molar-refractivity contribution < 1.29 is 23.7 Å². The third-order valence-electron chi connectivity index (χ3n) is 7.20. The van der Waals surface area contributed by atoms with Gasteiger partial charge in [0.1, 0.15) is 28.7 Å². The summed E-state index contributed by atoms with van der Waals surface area (Å²) in [5.41, 5.74) is -0.217. The minimum atomic E-state index is -1.47. The molecule has 168 valence electrons. The molecule has 0 aromatic heterocycles. The fraction of sp³-hybridized carbons (Fsp3) is 0.296. The molecular weight excluding hydrogens is 421 g/mol. The van der Waals surface area contributed by atoms with Gasteiger partial charge in [0.25, 0.3) is 0 Å². The van der Waals surface area contributed by atoms with E-state index in [1.165, 1.54) is 12.1 Å². The van der Waals surface area contributed by atoms with Crippen LogP contribution < -0.4 is 14.2 Å². The predicted octanol–water partition coefficient (Wildman–Crippen LogP) is 5.01. The van der Waals surface area contributed by atoms with Crippen molar-refractivity contribution in [1.29, 1.82) is 5.26 Å². The van der Waals surface area contributed by atoms with Crippen LogP contribution in [0.3, 0.4) is 0 Å². The second kappa shape index (κ2) is 7.50. The zero-order chi connectivity index (χ0) is 23.4. The third kappa shape index (κ3) is 2.79. The molecule has 4 atom stereocenters. The van der Waals surface area contributed by atoms with Crippen molar-refractivity contribution in [3.8, 4) is 23.3 Å². The first-order chi connectivity index (χ1) is 15.9. The van der Waals surface area contributed by atoms with Gasteiger partial charge < -0.3 is 19.3 Å². The molecule has 33 heavy (non-hydrogen) atoms. The minimum absolute atomic E-state index is 0.245. The van der Waals surface area contributed by atoms with E-state index >= 15 is 0 Å². The average molecular weight is 445 g/mol. The van der Waals surface area contributed by atoms with Crippen molar-refractivity contribution in [2.45, 2.75) is 30.5 Å². The number of methoxy groups -OCH3 is 2. The monoisotopic (exact) mass is 445 g/mol. The Kier molecular flexibility index (Phi) is 4.84. The third-order valence-corrected chi connectivity index (χ3v) is 7.20. The molecule has 0 saturated heterocycles. The minimum Gasteiger partial charge on any atom is -0.496 e. The molecule has 1 heterocycles. The van der Waals surface area contributed by atoms with Crippen LogP contribution >= 0.6 is 0 Å². The summed E-state index contributed by atoms with van der Waals surface area (Å²) in [6.45, 7) is 1.97. The average Bonchev–Trinajstić information content (AvgIpc) is 3.23. The quantitative estimate of drug-likeness (QED) is 0.611. The van der Waals surface area contributed by atoms with Crippen molar-refractivity contribution >= 4 is 0 Å². The van der Waals surface area contributed by atoms with E-state index in [1.54, 1.807) is 44.6 Å². The van der Waals surface area contributed by atoms with E-state index in [1.807, 2.05) is 25.1 Å². The molecule has 1 N–H and O–H groups in total. The largest absolute Gasteiger partial charge is 0.496 e. The summed E-state index contributed by atoms with van der Waals surface area (Å²) in [5, 5.41) is 21.9. The van der Waals surface area contributed by atoms with Gasteiger partial charge in [0, 0.05) is 18.1 Å². The molecule has 1 aliphatic carbocycles. The molecule has 0 radical (unpaired) electrons. The molecule has 3 aromatic carbocycles. The molecule has 5 rings (SSSR count). The number of rotatable bonds is 4. The van der Waals surface area contributed by atoms with Gasteiger partial charge in [-0.3, -0.25) is 0 Å². The second-order valence-electron chi connectivity index (χ2n) is 8.74. The number of aliphatic hydroxyl groups is 1. The van der Waals surface area contributed by atoms with Crippen molar-refractivity contribution in [3.63, 3.8) is 0 Å². The maximum absolute atomic E-state index is 14.3. The van der Waals surface area contributed by atoms with Gasteiger partial charge in [0.05, 0.1) is 31.4 Å². The van der Waals surface area contributed by atoms with Gasteiger partial charge in [0.2, 0.25) is 0 Å². The van der Waals surface area contributed by atoms with Gasteiger partial charge in [-0.05, 0) is 47.7 Å². The van der Waals surface area contributed by atoms with Crippen LogP contribution in [0.15, 0.2) is 60.7 Å². The van der Waals surface area contributed by atoms with Gasteiger partial charge in [-0.2, -0.15) is 5.26 Å². The topological polar surface area (TPSA) is 71.7 Å². The summed E-state index contributed by atoms with van der Waals surface area (Å²) in [4.78, 5) is 0. The predicted molar refractivity (Wildman–Crippen MR) is 120 cm³/mol. The van der Waals surface area contributed by atoms with Gasteiger partial charge in [0.15, 0.2) is 5.60 Å². The van der Waals surface area contributed by atoms with Gasteiger partial charge in [-0.1, -0.05) is 31.2 Å². The molecule has 4 unspecified atom stereocenters. The second-order valence-corrected chi connectivity index (χ2v) is 8.74. The van der Waals surface area contributed by atoms with Crippen LogP contribution in [-0.2, 0) is 11.2 Å². The first-order valence-electron chi connectivity index (χ1n) is 10.8. The van der Waals surface area contributed by atoms with E-state index in [-0.39, 0.29) is 17.7 Å². The Bertz CT molecular complexity index is 1270. The highest BCUT2D eigenvalue weighted by Gasteiger charge is 2.72. The van der Waals surface area contributed by atoms with Crippen LogP contribution in [0.1, 0.15) is 41.5 Å². The lowest BCUT2D eigenvalue weighted by Gasteiger charge is -2.41. The first kappa shape index (κ1) is 21.3. The van der Waals surface area contributed by atoms with Gasteiger partial charge >= 0.3 is 0 Å². The summed E-state index contributed by atoms with van der Waals surface area (Å²) >= 11 is 0. The summed E-state index contributed by atoms with van der Waals surface area (Å²) in [6, 6.07) is 19.1. The number of benzene rings is 3. The highest BCUT2D eigenvalue weighted by molar-refractivity contribution is 5.62. The fourth-order valence-corrected chi connectivity index (χ4v) is 5.74. The van der Waals surface area contributed by atoms with Crippen molar-refractivity contribution in [1.82, 2.24) is 0 Å². The first-order valence-corrected chi connectivity index (χ1v) is 10.8. The molecule has 2 aliphatic rings. The Balaban J connectivity index is 1.82. The van der Waals surface area contributed by atoms with E-state index < -0.39 is 11.2 Å². The Morgan fingerprint density at radius 3 is 2.48 bits per heavy atom. The number of fused-ring (bicyclic) bond motifs is 3. The number of nitrogens with zero attached hydrogens (tertiary/aromatic N) is 1. The summed E-state index contributed by atoms with van der Waals surface area (Å²) in [5.74, 6) is 0.522. The maximum atomic E-state index is 14.3. The van der Waals surface area contributed by atoms with Crippen molar-refractivity contribution in [2.24, 2.45) is 5.92 Å². The zero-order valence-electron chi connectivity index (χ0n) is 18.6. The molecule has 1 fully saturated rings. The SMILES string of the molecule is COc1cc(OC)c2c(c1)OC1(c3ccc(C#N)cc3)C(c3cccc(F)c3)CC(C)C21O. The molecule has 0 bridgehead atoms. The van der Waals surface area contributed by atoms with E-state index in [0.29, 0.717) is 40.4 Å². The van der Waals surface area contributed by atoms with Crippen LogP contribution in [0.2, 0.25) is 0 Å². The molecule has 0 spiro atoms. The summed E-state index contributed by atoms with van der Waals surface area (Å²) in [6.07, 6.45) is 0.564. The maximum Gasteiger partial charge on any atom is 0.174 e. The Labute approximate surface area is 192 Å². The molecule has 5 nitrogen and oxygen atoms in total. The van der Waals surface area contributed by atoms with Crippen molar-refractivity contribution in [3.05, 3.63) is 88.7 Å². The number of hydrogen-bond donors (Lipinski definition) is 1. The Morgan fingerprint density at radius 1 is 1.09 bits per heavy atom. The lowest BCUT2D eigenvalue weighted by atomic mass is 9.70. The van der Waals surface area contributed by atoms with Crippen LogP contribution in [0.4, 0.5) is 4.39 Å². The lowest BCUT2D eigenvalue weighted by molar-refractivity contribution is -0.125. The van der Waals surface area contributed by atoms with Gasteiger partial charge in [-0.15, -0.1) is 0 Å². The highest BCUT2D eigenvalue weighted by atomic mass is 19.1. The number of nitriles is 1. The van der Waals surface area contributed by atoms with Crippen molar-refractivity contribution in [2.75, 3.05) is 14.2 Å². The van der Waals surface area contributed by atoms with E-state index in [2.05, 4.69) is 6.07 Å². The number of ether oxygens (including phenoxy) is 3. The number of halogens is 1. The zero-order valence-corrected chi connectivity index (χ0v) is 18.6. The number of hydrogen-bond acceptors (Lipinski definition) is 5. The van der Waals surface area contributed by atoms with E-state index in [4.69, 9.17) is 14.2 Å². The van der Waals surface area contributed by atoms with Crippen LogP contribution in [-0.4, -0.2) is 19.3 Å². The molecule has 1 saturated carbocycles. The molecule has 1 aliphatic heterocycles. The van der Waals surface area contributed by atoms with E-state index in [9.17, 15) is 14.8 Å². The molecule has 6 heteroatoms. The van der Waals surface area contributed by atoms with Crippen LogP contribution in [0.5, 0.6) is 17.2 Å². The van der Waals surface area contributed by atoms with E-state index in [0.717, 1.165) is 5.56 Å². The standard InChI is InChI=1S/C27H24FNO4/c1-16-11-22(18-5-4-6-20(28)12-18)27(19-9-7-17(15-29)8-10-19)26(16,30)25-23(32-3)13-21(31-2)14-24(25)33-27/h4-10,12-14,16,22,30H,11H2,1-3H3. The summed E-state index contributed by atoms with van der Waals surface area (Å²) < 4.78 is 32.1. The molecule has 3 aromatic rings. The summed E-state index contributed by atoms with van der Waals surface area (Å²) in [7, 11) is 3.10. The van der Waals surface area contributed by atoms with Gasteiger partial charge in [-0.25, -0.2) is 4.39 Å². The Hall–Kier alpha value is -3.56. The fourth-order valence-electron chi connectivity index (χ4n) is 5.74. The lowest BCUT2D eigenvalue weighted by Crippen LogP contribution is -2.50. The normalized spacial score (nSPS) is 27.3. The smallest absolute Gasteiger partial charge is 0.174 e.